The van der Waals surface area contributed by atoms with E-state index >= 15 is 0 Å². The van der Waals surface area contributed by atoms with Gasteiger partial charge in [-0.1, -0.05) is 23.7 Å². The van der Waals surface area contributed by atoms with Crippen LogP contribution in [0.15, 0.2) is 42.6 Å². The number of hydrogen-bond donors (Lipinski definition) is 1. The predicted octanol–water partition coefficient (Wildman–Crippen LogP) is 3.12. The van der Waals surface area contributed by atoms with Crippen molar-refractivity contribution in [1.82, 2.24) is 4.98 Å². The highest BCUT2D eigenvalue weighted by molar-refractivity contribution is 6.30. The number of hydrogen-bond acceptors (Lipinski definition) is 2. The zero-order chi connectivity index (χ0) is 12.3. The van der Waals surface area contributed by atoms with Crippen LogP contribution >= 0.6 is 11.6 Å². The molecule has 0 aliphatic rings. The minimum absolute atomic E-state index is 0.313. The molecular formula is C13H12ClFN2. The third-order valence-electron chi connectivity index (χ3n) is 2.52. The molecule has 0 aliphatic carbocycles. The molecule has 0 radical (unpaired) electrons. The van der Waals surface area contributed by atoms with E-state index in [2.05, 4.69) is 4.98 Å². The van der Waals surface area contributed by atoms with Crippen LogP contribution in [-0.4, -0.2) is 4.98 Å². The molecule has 1 heterocycles. The fourth-order valence-electron chi connectivity index (χ4n) is 1.62. The lowest BCUT2D eigenvalue weighted by Gasteiger charge is -2.11. The molecule has 17 heavy (non-hydrogen) atoms. The van der Waals surface area contributed by atoms with Crippen molar-refractivity contribution in [3.63, 3.8) is 0 Å². The van der Waals surface area contributed by atoms with Crippen LogP contribution in [0.5, 0.6) is 0 Å². The van der Waals surface area contributed by atoms with Crippen LogP contribution < -0.4 is 5.73 Å². The molecule has 2 aromatic rings. The SMILES string of the molecule is NC(Cc1ccc(Cl)cc1F)c1ccccn1. The smallest absolute Gasteiger partial charge is 0.127 e. The van der Waals surface area contributed by atoms with Gasteiger partial charge in [0.2, 0.25) is 0 Å². The van der Waals surface area contributed by atoms with E-state index in [1.165, 1.54) is 6.07 Å². The molecule has 4 heteroatoms. The van der Waals surface area contributed by atoms with Gasteiger partial charge in [0.05, 0.1) is 11.7 Å². The van der Waals surface area contributed by atoms with Gasteiger partial charge in [0.25, 0.3) is 0 Å². The first-order valence-electron chi connectivity index (χ1n) is 5.27. The molecule has 0 saturated carbocycles. The Balaban J connectivity index is 2.16. The van der Waals surface area contributed by atoms with Gasteiger partial charge in [0, 0.05) is 11.2 Å². The first kappa shape index (κ1) is 12.0. The summed E-state index contributed by atoms with van der Waals surface area (Å²) in [5.74, 6) is -0.330. The summed E-state index contributed by atoms with van der Waals surface area (Å²) >= 11 is 5.69. The molecule has 2 rings (SSSR count). The van der Waals surface area contributed by atoms with Crippen LogP contribution in [0.4, 0.5) is 4.39 Å². The van der Waals surface area contributed by atoms with Crippen LogP contribution in [-0.2, 0) is 6.42 Å². The van der Waals surface area contributed by atoms with Gasteiger partial charge >= 0.3 is 0 Å². The predicted molar refractivity (Wildman–Crippen MR) is 66.3 cm³/mol. The van der Waals surface area contributed by atoms with Crippen molar-refractivity contribution in [1.29, 1.82) is 0 Å². The Morgan fingerprint density at radius 1 is 1.29 bits per heavy atom. The van der Waals surface area contributed by atoms with E-state index in [0.29, 0.717) is 17.0 Å². The van der Waals surface area contributed by atoms with Crippen LogP contribution in [0, 0.1) is 5.82 Å². The number of halogens is 2. The Labute approximate surface area is 104 Å². The molecule has 0 saturated heterocycles. The van der Waals surface area contributed by atoms with Gasteiger partial charge in [-0.3, -0.25) is 4.98 Å². The van der Waals surface area contributed by atoms with Gasteiger partial charge in [-0.2, -0.15) is 0 Å². The molecule has 1 atom stereocenters. The molecule has 0 aliphatic heterocycles. The van der Waals surface area contributed by atoms with Crippen LogP contribution in [0.1, 0.15) is 17.3 Å². The fraction of sp³-hybridized carbons (Fsp3) is 0.154. The number of nitrogens with two attached hydrogens (primary N) is 1. The first-order chi connectivity index (χ1) is 8.16. The van der Waals surface area contributed by atoms with Gasteiger partial charge in [0.1, 0.15) is 5.82 Å². The molecule has 1 aromatic heterocycles. The van der Waals surface area contributed by atoms with Crippen molar-refractivity contribution < 1.29 is 4.39 Å². The molecule has 0 fully saturated rings. The Kier molecular flexibility index (Phi) is 3.71. The Morgan fingerprint density at radius 2 is 2.12 bits per heavy atom. The summed E-state index contributed by atoms with van der Waals surface area (Å²) in [6.07, 6.45) is 2.08. The summed E-state index contributed by atoms with van der Waals surface area (Å²) in [6.45, 7) is 0. The van der Waals surface area contributed by atoms with Crippen molar-refractivity contribution in [2.45, 2.75) is 12.5 Å². The number of benzene rings is 1. The lowest BCUT2D eigenvalue weighted by molar-refractivity contribution is 0.590. The van der Waals surface area contributed by atoms with Gasteiger partial charge < -0.3 is 5.73 Å². The average Bonchev–Trinajstić information content (AvgIpc) is 2.34. The molecule has 2 nitrogen and oxygen atoms in total. The second-order valence-corrected chi connectivity index (χ2v) is 4.24. The third kappa shape index (κ3) is 3.02. The topological polar surface area (TPSA) is 38.9 Å². The highest BCUT2D eigenvalue weighted by Gasteiger charge is 2.11. The number of aromatic nitrogens is 1. The van der Waals surface area contributed by atoms with Gasteiger partial charge in [-0.15, -0.1) is 0 Å². The van der Waals surface area contributed by atoms with Crippen LogP contribution in [0.25, 0.3) is 0 Å². The summed E-state index contributed by atoms with van der Waals surface area (Å²) in [5, 5.41) is 0.387. The molecule has 1 aromatic carbocycles. The molecular weight excluding hydrogens is 239 g/mol. The van der Waals surface area contributed by atoms with E-state index in [-0.39, 0.29) is 11.9 Å². The van der Waals surface area contributed by atoms with Crippen molar-refractivity contribution >= 4 is 11.6 Å². The minimum Gasteiger partial charge on any atom is -0.322 e. The van der Waals surface area contributed by atoms with E-state index in [4.69, 9.17) is 17.3 Å². The molecule has 0 spiro atoms. The summed E-state index contributed by atoms with van der Waals surface area (Å²) in [5.41, 5.74) is 7.27. The quantitative estimate of drug-likeness (QED) is 0.909. The minimum atomic E-state index is -0.330. The molecule has 0 amide bonds. The highest BCUT2D eigenvalue weighted by atomic mass is 35.5. The second kappa shape index (κ2) is 5.25. The van der Waals surface area contributed by atoms with Crippen LogP contribution in [0.3, 0.4) is 0 Å². The van der Waals surface area contributed by atoms with E-state index in [9.17, 15) is 4.39 Å². The summed E-state index contributed by atoms with van der Waals surface area (Å²) < 4.78 is 13.6. The van der Waals surface area contributed by atoms with Crippen LogP contribution in [0.2, 0.25) is 5.02 Å². The van der Waals surface area contributed by atoms with Gasteiger partial charge in [0.15, 0.2) is 0 Å². The van der Waals surface area contributed by atoms with E-state index in [1.54, 1.807) is 18.3 Å². The number of rotatable bonds is 3. The van der Waals surface area contributed by atoms with Crippen molar-refractivity contribution in [3.8, 4) is 0 Å². The van der Waals surface area contributed by atoms with E-state index in [0.717, 1.165) is 5.69 Å². The highest BCUT2D eigenvalue weighted by Crippen LogP contribution is 2.19. The van der Waals surface area contributed by atoms with Gasteiger partial charge in [-0.25, -0.2) is 4.39 Å². The monoisotopic (exact) mass is 250 g/mol. The van der Waals surface area contributed by atoms with E-state index in [1.807, 2.05) is 18.2 Å². The maximum atomic E-state index is 13.6. The Hall–Kier alpha value is -1.45. The third-order valence-corrected chi connectivity index (χ3v) is 2.76. The lowest BCUT2D eigenvalue weighted by Crippen LogP contribution is -2.15. The molecule has 88 valence electrons. The average molecular weight is 251 g/mol. The Bertz CT molecular complexity index is 502. The summed E-state index contributed by atoms with van der Waals surface area (Å²) in [6, 6.07) is 9.80. The van der Waals surface area contributed by atoms with Crippen molar-refractivity contribution in [3.05, 3.63) is 64.7 Å². The first-order valence-corrected chi connectivity index (χ1v) is 5.65. The fourth-order valence-corrected chi connectivity index (χ4v) is 1.78. The standard InChI is InChI=1S/C13H12ClFN2/c14-10-5-4-9(11(15)8-10)7-12(16)13-3-1-2-6-17-13/h1-6,8,12H,7,16H2. The maximum absolute atomic E-state index is 13.6. The number of pyridine rings is 1. The van der Waals surface area contributed by atoms with E-state index < -0.39 is 0 Å². The maximum Gasteiger partial charge on any atom is 0.127 e. The summed E-state index contributed by atoms with van der Waals surface area (Å²) in [4.78, 5) is 4.15. The number of nitrogens with zero attached hydrogens (tertiary/aromatic N) is 1. The molecule has 0 bridgehead atoms. The normalized spacial score (nSPS) is 12.4. The lowest BCUT2D eigenvalue weighted by atomic mass is 10.0. The second-order valence-electron chi connectivity index (χ2n) is 3.80. The van der Waals surface area contributed by atoms with Gasteiger partial charge in [-0.05, 0) is 36.2 Å². The zero-order valence-electron chi connectivity index (χ0n) is 9.11. The van der Waals surface area contributed by atoms with Crippen molar-refractivity contribution in [2.75, 3.05) is 0 Å². The summed E-state index contributed by atoms with van der Waals surface area (Å²) in [7, 11) is 0. The Morgan fingerprint density at radius 3 is 2.76 bits per heavy atom. The molecule has 1 unspecified atom stereocenters. The zero-order valence-corrected chi connectivity index (χ0v) is 9.86. The van der Waals surface area contributed by atoms with Crippen molar-refractivity contribution in [2.24, 2.45) is 5.73 Å². The molecule has 2 N–H and O–H groups in total. The largest absolute Gasteiger partial charge is 0.322 e.